The van der Waals surface area contributed by atoms with E-state index in [1.165, 1.54) is 11.1 Å². The van der Waals surface area contributed by atoms with Gasteiger partial charge in [-0.15, -0.1) is 11.0 Å². The molecule has 2 rings (SSSR count). The summed E-state index contributed by atoms with van der Waals surface area (Å²) in [5, 5.41) is 8.56. The molecule has 1 aromatic heterocycles. The zero-order valence-electron chi connectivity index (χ0n) is 7.26. The second kappa shape index (κ2) is 5.70. The molecule has 3 heteroatoms. The molecular weight excluding hydrogens is 193 g/mol. The van der Waals surface area contributed by atoms with Gasteiger partial charge in [0, 0.05) is 6.54 Å². The second-order valence-electron chi connectivity index (χ2n) is 2.64. The summed E-state index contributed by atoms with van der Waals surface area (Å²) in [5.74, 6) is 0. The summed E-state index contributed by atoms with van der Waals surface area (Å²) in [6, 6.07) is 2.07. The molecule has 0 amide bonds. The van der Waals surface area contributed by atoms with Crippen LogP contribution in [0.3, 0.4) is 0 Å². The second-order valence-corrected chi connectivity index (χ2v) is 3.34. The van der Waals surface area contributed by atoms with Gasteiger partial charge in [-0.3, -0.25) is 0 Å². The number of nitrogens with one attached hydrogen (secondary N) is 1. The van der Waals surface area contributed by atoms with Gasteiger partial charge in [-0.1, -0.05) is 6.08 Å². The minimum absolute atomic E-state index is 0. The smallest absolute Gasteiger partial charge is 0.313 e. The van der Waals surface area contributed by atoms with Crippen molar-refractivity contribution >= 4 is 16.9 Å². The standard InChI is InChI=1S/C9H10NS.K/c1-4-10-5-2-8(1)9-3-6-11-7-9;/h1,3,7,10H,2,4-5H2;/q-1;+1. The van der Waals surface area contributed by atoms with E-state index >= 15 is 0 Å². The van der Waals surface area contributed by atoms with Crippen LogP contribution in [0.15, 0.2) is 17.5 Å². The molecule has 0 unspecified atom stereocenters. The van der Waals surface area contributed by atoms with Gasteiger partial charge in [0.15, 0.2) is 0 Å². The molecule has 0 saturated heterocycles. The van der Waals surface area contributed by atoms with E-state index in [0.29, 0.717) is 0 Å². The Morgan fingerprint density at radius 2 is 2.42 bits per heavy atom. The Morgan fingerprint density at radius 1 is 1.50 bits per heavy atom. The fourth-order valence-corrected chi connectivity index (χ4v) is 1.89. The summed E-state index contributed by atoms with van der Waals surface area (Å²) >= 11 is 1.65. The van der Waals surface area contributed by atoms with Crippen molar-refractivity contribution in [3.63, 3.8) is 0 Å². The third-order valence-electron chi connectivity index (χ3n) is 1.90. The topological polar surface area (TPSA) is 12.0 Å². The Hall–Kier alpha value is 1.04. The minimum Gasteiger partial charge on any atom is -0.313 e. The summed E-state index contributed by atoms with van der Waals surface area (Å²) in [5.41, 5.74) is 2.83. The van der Waals surface area contributed by atoms with Crippen LogP contribution in [0.1, 0.15) is 12.0 Å². The van der Waals surface area contributed by atoms with Gasteiger partial charge in [0.25, 0.3) is 0 Å². The van der Waals surface area contributed by atoms with Crippen LogP contribution < -0.4 is 56.7 Å². The van der Waals surface area contributed by atoms with Gasteiger partial charge >= 0.3 is 51.4 Å². The third kappa shape index (κ3) is 2.77. The Kier molecular flexibility index (Phi) is 5.28. The quantitative estimate of drug-likeness (QED) is 0.453. The first-order valence-electron chi connectivity index (χ1n) is 3.81. The van der Waals surface area contributed by atoms with E-state index in [2.05, 4.69) is 28.2 Å². The van der Waals surface area contributed by atoms with Gasteiger partial charge in [-0.25, -0.2) is 0 Å². The number of hydrogen-bond acceptors (Lipinski definition) is 2. The Balaban J connectivity index is 0.000000720. The molecule has 0 spiro atoms. The molecule has 0 fully saturated rings. The maximum Gasteiger partial charge on any atom is 1.00 e. The van der Waals surface area contributed by atoms with E-state index in [4.69, 9.17) is 0 Å². The zero-order chi connectivity index (χ0) is 7.52. The van der Waals surface area contributed by atoms with Crippen molar-refractivity contribution in [2.24, 2.45) is 0 Å². The molecule has 0 atom stereocenters. The third-order valence-corrected chi connectivity index (χ3v) is 2.53. The van der Waals surface area contributed by atoms with Crippen LogP contribution in [-0.2, 0) is 0 Å². The fourth-order valence-electron chi connectivity index (χ4n) is 1.28. The molecule has 0 saturated carbocycles. The van der Waals surface area contributed by atoms with Crippen molar-refractivity contribution in [2.45, 2.75) is 6.42 Å². The average molecular weight is 203 g/mol. The zero-order valence-corrected chi connectivity index (χ0v) is 11.2. The Bertz CT molecular complexity index is 254. The number of rotatable bonds is 1. The van der Waals surface area contributed by atoms with Crippen molar-refractivity contribution in [1.29, 1.82) is 0 Å². The maximum absolute atomic E-state index is 3.29. The van der Waals surface area contributed by atoms with Crippen molar-refractivity contribution in [3.8, 4) is 0 Å². The van der Waals surface area contributed by atoms with Crippen LogP contribution in [0.5, 0.6) is 0 Å². The first kappa shape index (κ1) is 11.1. The van der Waals surface area contributed by atoms with Gasteiger partial charge in [-0.05, 0) is 13.0 Å². The van der Waals surface area contributed by atoms with Gasteiger partial charge in [-0.2, -0.15) is 17.0 Å². The summed E-state index contributed by atoms with van der Waals surface area (Å²) in [6.45, 7) is 2.13. The Labute approximate surface area is 120 Å². The van der Waals surface area contributed by atoms with E-state index in [-0.39, 0.29) is 51.4 Å². The molecular formula is C9H10KNS. The predicted octanol–water partition coefficient (Wildman–Crippen LogP) is -1.07. The molecule has 58 valence electrons. The SMILES string of the molecule is [K+].[c-]1cc(C2=CCNCC2)cs1. The fraction of sp³-hybridized carbons (Fsp3) is 0.333. The largest absolute Gasteiger partial charge is 1.00 e. The van der Waals surface area contributed by atoms with Crippen molar-refractivity contribution in [2.75, 3.05) is 13.1 Å². The average Bonchev–Trinajstić information content (AvgIpc) is 2.58. The van der Waals surface area contributed by atoms with Crippen LogP contribution in [0.4, 0.5) is 0 Å². The van der Waals surface area contributed by atoms with E-state index in [9.17, 15) is 0 Å². The van der Waals surface area contributed by atoms with E-state index in [1.54, 1.807) is 11.3 Å². The van der Waals surface area contributed by atoms with Crippen molar-refractivity contribution < 1.29 is 51.4 Å². The van der Waals surface area contributed by atoms with E-state index < -0.39 is 0 Å². The predicted molar refractivity (Wildman–Crippen MR) is 48.6 cm³/mol. The molecule has 0 aromatic carbocycles. The maximum atomic E-state index is 3.29. The molecule has 1 nitrogen and oxygen atoms in total. The van der Waals surface area contributed by atoms with E-state index in [0.717, 1.165) is 19.5 Å². The van der Waals surface area contributed by atoms with Gasteiger partial charge in [0.05, 0.1) is 0 Å². The molecule has 0 aliphatic carbocycles. The normalized spacial score (nSPS) is 16.5. The van der Waals surface area contributed by atoms with E-state index in [1.807, 2.05) is 0 Å². The van der Waals surface area contributed by atoms with Crippen LogP contribution in [0, 0.1) is 5.38 Å². The first-order valence-corrected chi connectivity index (χ1v) is 4.69. The van der Waals surface area contributed by atoms with Gasteiger partial charge < -0.3 is 16.7 Å². The van der Waals surface area contributed by atoms with Crippen LogP contribution in [0.25, 0.3) is 5.57 Å². The van der Waals surface area contributed by atoms with Crippen molar-refractivity contribution in [3.05, 3.63) is 28.5 Å². The summed E-state index contributed by atoms with van der Waals surface area (Å²) in [7, 11) is 0. The molecule has 1 aromatic rings. The molecule has 2 heterocycles. The number of thiophene rings is 1. The number of hydrogen-bond donors (Lipinski definition) is 1. The summed E-state index contributed by atoms with van der Waals surface area (Å²) < 4.78 is 0. The molecule has 1 N–H and O–H groups in total. The molecule has 1 aliphatic heterocycles. The van der Waals surface area contributed by atoms with Gasteiger partial charge in [0.2, 0.25) is 0 Å². The first-order chi connectivity index (χ1) is 5.47. The van der Waals surface area contributed by atoms with Crippen LogP contribution >= 0.6 is 11.3 Å². The van der Waals surface area contributed by atoms with Crippen molar-refractivity contribution in [1.82, 2.24) is 5.32 Å². The molecule has 1 aliphatic rings. The van der Waals surface area contributed by atoms with Crippen LogP contribution in [-0.4, -0.2) is 13.1 Å². The van der Waals surface area contributed by atoms with Gasteiger partial charge in [0.1, 0.15) is 0 Å². The molecule has 0 radical (unpaired) electrons. The molecule has 12 heavy (non-hydrogen) atoms. The van der Waals surface area contributed by atoms with Crippen LogP contribution in [0.2, 0.25) is 0 Å². The molecule has 0 bridgehead atoms. The Morgan fingerprint density at radius 3 is 3.00 bits per heavy atom. The summed E-state index contributed by atoms with van der Waals surface area (Å²) in [6.07, 6.45) is 3.42. The summed E-state index contributed by atoms with van der Waals surface area (Å²) in [4.78, 5) is 0. The monoisotopic (exact) mass is 203 g/mol. The minimum atomic E-state index is 0.